The van der Waals surface area contributed by atoms with Crippen LogP contribution in [0.4, 0.5) is 5.69 Å². The lowest BCUT2D eigenvalue weighted by atomic mass is 10.1. The van der Waals surface area contributed by atoms with Gasteiger partial charge in [0.2, 0.25) is 0 Å². The Balaban J connectivity index is 1.85. The number of nitrogens with one attached hydrogen (secondary N) is 1. The van der Waals surface area contributed by atoms with Crippen molar-refractivity contribution < 1.29 is 4.79 Å². The fourth-order valence-corrected chi connectivity index (χ4v) is 3.22. The van der Waals surface area contributed by atoms with Crippen LogP contribution in [0.3, 0.4) is 0 Å². The van der Waals surface area contributed by atoms with Gasteiger partial charge in [-0.2, -0.15) is 0 Å². The van der Waals surface area contributed by atoms with Crippen LogP contribution in [-0.4, -0.2) is 15.6 Å². The van der Waals surface area contributed by atoms with E-state index >= 15 is 0 Å². The topological polar surface area (TPSA) is 46.4 Å². The third kappa shape index (κ3) is 3.31. The highest BCUT2D eigenvalue weighted by Gasteiger charge is 2.23. The second kappa shape index (κ2) is 5.85. The highest BCUT2D eigenvalue weighted by Crippen LogP contribution is 2.28. The minimum absolute atomic E-state index is 0.100. The van der Waals surface area contributed by atoms with Crippen LogP contribution >= 0.6 is 11.8 Å². The summed E-state index contributed by atoms with van der Waals surface area (Å²) in [5.41, 5.74) is 4.19. The third-order valence-corrected chi connectivity index (χ3v) is 4.15. The van der Waals surface area contributed by atoms with Crippen molar-refractivity contribution in [1.82, 2.24) is 9.88 Å². The molecule has 4 nitrogen and oxygen atoms in total. The molecule has 1 aliphatic heterocycles. The molecular formula is C17H17N3OS. The molecule has 1 N–H and O–H groups in total. The number of benzene rings is 1. The number of carbonyl (C=O) groups is 1. The van der Waals surface area contributed by atoms with Gasteiger partial charge in [0.15, 0.2) is 5.17 Å². The van der Waals surface area contributed by atoms with Crippen molar-refractivity contribution in [2.24, 2.45) is 12.0 Å². The van der Waals surface area contributed by atoms with Crippen molar-refractivity contribution in [3.63, 3.8) is 0 Å². The van der Waals surface area contributed by atoms with Crippen LogP contribution in [0, 0.1) is 13.8 Å². The van der Waals surface area contributed by atoms with Crippen molar-refractivity contribution in [2.45, 2.75) is 13.8 Å². The Kier molecular flexibility index (Phi) is 3.90. The molecule has 22 heavy (non-hydrogen) atoms. The van der Waals surface area contributed by atoms with Crippen molar-refractivity contribution in [3.05, 3.63) is 58.3 Å². The number of thioether (sulfide) groups is 1. The first kappa shape index (κ1) is 14.7. The average Bonchev–Trinajstić information content (AvgIpc) is 2.95. The van der Waals surface area contributed by atoms with Gasteiger partial charge in [-0.3, -0.25) is 4.79 Å². The Morgan fingerprint density at radius 2 is 1.95 bits per heavy atom. The lowest BCUT2D eigenvalue weighted by Gasteiger charge is -2.00. The zero-order valence-corrected chi connectivity index (χ0v) is 13.6. The molecule has 5 heteroatoms. The Labute approximate surface area is 133 Å². The highest BCUT2D eigenvalue weighted by molar-refractivity contribution is 8.18. The molecule has 0 radical (unpaired) electrons. The van der Waals surface area contributed by atoms with Gasteiger partial charge in [-0.15, -0.1) is 0 Å². The number of aliphatic imine (C=N–C) groups is 1. The van der Waals surface area contributed by atoms with Crippen LogP contribution in [0.25, 0.3) is 6.08 Å². The molecule has 2 aromatic rings. The number of nitrogens with zero attached hydrogens (tertiary/aromatic N) is 2. The number of hydrogen-bond acceptors (Lipinski definition) is 3. The van der Waals surface area contributed by atoms with Crippen LogP contribution in [0.15, 0.2) is 46.6 Å². The molecule has 0 saturated carbocycles. The maximum atomic E-state index is 12.0. The molecule has 1 fully saturated rings. The molecule has 2 heterocycles. The van der Waals surface area contributed by atoms with Crippen molar-refractivity contribution in [2.75, 3.05) is 0 Å². The fraction of sp³-hybridized carbons (Fsp3) is 0.176. The monoisotopic (exact) mass is 311 g/mol. The first-order valence-electron chi connectivity index (χ1n) is 6.99. The summed E-state index contributed by atoms with van der Waals surface area (Å²) in [4.78, 5) is 17.2. The molecular weight excluding hydrogens is 294 g/mol. The SMILES string of the molecule is Cc1cc(C)cc(N=C2NC(=O)/C(=C\c3ccn(C)c3)S2)c1. The molecule has 0 spiro atoms. The number of aromatic nitrogens is 1. The molecule has 0 bridgehead atoms. The van der Waals surface area contributed by atoms with Gasteiger partial charge in [-0.25, -0.2) is 4.99 Å². The molecule has 1 saturated heterocycles. The molecule has 1 aliphatic rings. The zero-order chi connectivity index (χ0) is 15.7. The second-order valence-electron chi connectivity index (χ2n) is 5.44. The van der Waals surface area contributed by atoms with Crippen molar-refractivity contribution in [3.8, 4) is 0 Å². The lowest BCUT2D eigenvalue weighted by molar-refractivity contribution is -0.115. The first-order valence-corrected chi connectivity index (χ1v) is 7.81. The Hall–Kier alpha value is -2.27. The standard InChI is InChI=1S/C17H17N3OS/c1-11-6-12(2)8-14(7-11)18-17-19-16(21)15(22-17)9-13-4-5-20(3)10-13/h4-10H,1-3H3,(H,18,19,21)/b15-9+. The summed E-state index contributed by atoms with van der Waals surface area (Å²) in [5, 5.41) is 3.44. The van der Waals surface area contributed by atoms with E-state index in [0.717, 1.165) is 22.4 Å². The summed E-state index contributed by atoms with van der Waals surface area (Å²) in [7, 11) is 1.96. The molecule has 112 valence electrons. The third-order valence-electron chi connectivity index (χ3n) is 3.24. The van der Waals surface area contributed by atoms with Crippen LogP contribution in [-0.2, 0) is 11.8 Å². The minimum atomic E-state index is -0.100. The first-order chi connectivity index (χ1) is 10.5. The maximum Gasteiger partial charge on any atom is 0.264 e. The van der Waals surface area contributed by atoms with Gasteiger partial charge in [0, 0.05) is 19.4 Å². The molecule has 1 amide bonds. The van der Waals surface area contributed by atoms with E-state index in [1.165, 1.54) is 11.8 Å². The number of carbonyl (C=O) groups excluding carboxylic acids is 1. The summed E-state index contributed by atoms with van der Waals surface area (Å²) in [5.74, 6) is -0.100. The van der Waals surface area contributed by atoms with Gasteiger partial charge in [0.05, 0.1) is 10.6 Å². The van der Waals surface area contributed by atoms with E-state index in [4.69, 9.17) is 0 Å². The van der Waals surface area contributed by atoms with Crippen molar-refractivity contribution in [1.29, 1.82) is 0 Å². The molecule has 1 aromatic heterocycles. The summed E-state index contributed by atoms with van der Waals surface area (Å²) in [6.45, 7) is 4.08. The predicted molar refractivity (Wildman–Crippen MR) is 92.1 cm³/mol. The van der Waals surface area contributed by atoms with Gasteiger partial charge < -0.3 is 9.88 Å². The number of aryl methyl sites for hydroxylation is 3. The summed E-state index contributed by atoms with van der Waals surface area (Å²) in [6, 6.07) is 8.09. The van der Waals surface area contributed by atoms with E-state index in [2.05, 4.69) is 16.4 Å². The lowest BCUT2D eigenvalue weighted by Crippen LogP contribution is -2.19. The fourth-order valence-electron chi connectivity index (χ4n) is 2.37. The quantitative estimate of drug-likeness (QED) is 0.862. The van der Waals surface area contributed by atoms with E-state index in [0.29, 0.717) is 10.1 Å². The molecule has 0 aliphatic carbocycles. The highest BCUT2D eigenvalue weighted by atomic mass is 32.2. The van der Waals surface area contributed by atoms with E-state index < -0.39 is 0 Å². The van der Waals surface area contributed by atoms with Gasteiger partial charge in [0.1, 0.15) is 0 Å². The van der Waals surface area contributed by atoms with Gasteiger partial charge in [-0.1, -0.05) is 6.07 Å². The van der Waals surface area contributed by atoms with E-state index in [-0.39, 0.29) is 5.91 Å². The average molecular weight is 311 g/mol. The minimum Gasteiger partial charge on any atom is -0.357 e. The zero-order valence-electron chi connectivity index (χ0n) is 12.8. The second-order valence-corrected chi connectivity index (χ2v) is 6.47. The number of rotatable bonds is 2. The number of hydrogen-bond donors (Lipinski definition) is 1. The summed E-state index contributed by atoms with van der Waals surface area (Å²) < 4.78 is 1.95. The largest absolute Gasteiger partial charge is 0.357 e. The Bertz CT molecular complexity index is 782. The predicted octanol–water partition coefficient (Wildman–Crippen LogP) is 3.53. The van der Waals surface area contributed by atoms with Crippen LogP contribution < -0.4 is 5.32 Å². The van der Waals surface area contributed by atoms with Crippen molar-refractivity contribution >= 4 is 34.6 Å². The summed E-state index contributed by atoms with van der Waals surface area (Å²) >= 11 is 1.37. The normalized spacial score (nSPS) is 18.2. The van der Waals surface area contributed by atoms with Gasteiger partial charge in [-0.05, 0) is 66.6 Å². The number of amides is 1. The van der Waals surface area contributed by atoms with Crippen LogP contribution in [0.5, 0.6) is 0 Å². The summed E-state index contributed by atoms with van der Waals surface area (Å²) in [6.07, 6.45) is 5.80. The Morgan fingerprint density at radius 3 is 2.59 bits per heavy atom. The van der Waals surface area contributed by atoms with Gasteiger partial charge in [0.25, 0.3) is 5.91 Å². The number of amidine groups is 1. The van der Waals surface area contributed by atoms with Crippen LogP contribution in [0.2, 0.25) is 0 Å². The molecule has 1 aromatic carbocycles. The van der Waals surface area contributed by atoms with Gasteiger partial charge >= 0.3 is 0 Å². The smallest absolute Gasteiger partial charge is 0.264 e. The maximum absolute atomic E-state index is 12.0. The van der Waals surface area contributed by atoms with E-state index in [9.17, 15) is 4.79 Å². The molecule has 0 atom stereocenters. The molecule has 3 rings (SSSR count). The molecule has 0 unspecified atom stereocenters. The van der Waals surface area contributed by atoms with Crippen LogP contribution in [0.1, 0.15) is 16.7 Å². The van der Waals surface area contributed by atoms with E-state index in [1.54, 1.807) is 0 Å². The van der Waals surface area contributed by atoms with E-state index in [1.807, 2.05) is 62.1 Å². The Morgan fingerprint density at radius 1 is 1.23 bits per heavy atom.